The van der Waals surface area contributed by atoms with Crippen molar-refractivity contribution in [1.29, 1.82) is 0 Å². The Morgan fingerprint density at radius 1 is 1.71 bits per heavy atom. The summed E-state index contributed by atoms with van der Waals surface area (Å²) in [5.41, 5.74) is 1.24. The molecule has 0 atom stereocenters. The van der Waals surface area contributed by atoms with Gasteiger partial charge in [0.1, 0.15) is 0 Å². The van der Waals surface area contributed by atoms with E-state index in [0.717, 1.165) is 12.8 Å². The summed E-state index contributed by atoms with van der Waals surface area (Å²) in [4.78, 5) is 0. The Morgan fingerprint density at radius 3 is 2.43 bits per heavy atom. The highest BCUT2D eigenvalue weighted by Gasteiger charge is 1.78. The van der Waals surface area contributed by atoms with Crippen LogP contribution in [0.1, 0.15) is 19.8 Å². The van der Waals surface area contributed by atoms with Crippen molar-refractivity contribution in [1.82, 2.24) is 0 Å². The quantitative estimate of drug-likeness (QED) is 0.473. The first-order valence-corrected chi connectivity index (χ1v) is 2.52. The lowest BCUT2D eigenvalue weighted by Gasteiger charge is -1.88. The largest absolute Gasteiger partial charge is 0.103 e. The van der Waals surface area contributed by atoms with Gasteiger partial charge in [-0.3, -0.25) is 0 Å². The molecule has 0 amide bonds. The Balaban J connectivity index is 2.97. The van der Waals surface area contributed by atoms with Gasteiger partial charge in [-0.25, -0.2) is 0 Å². The predicted octanol–water partition coefficient (Wildman–Crippen LogP) is 2.53. The molecule has 0 aliphatic heterocycles. The second-order valence-electron chi connectivity index (χ2n) is 1.78. The molecule has 0 aliphatic rings. The van der Waals surface area contributed by atoms with Gasteiger partial charge in [0.2, 0.25) is 0 Å². The van der Waals surface area contributed by atoms with E-state index in [9.17, 15) is 0 Å². The summed E-state index contributed by atoms with van der Waals surface area (Å²) in [5, 5.41) is 0. The fraction of sp³-hybridized carbons (Fsp3) is 0.429. The standard InChI is InChI=1S/C7H12/c1-4-5-6-7(2)3/h4H,1-2,5-6H2,3H3. The summed E-state index contributed by atoms with van der Waals surface area (Å²) in [5.74, 6) is 0. The molecular formula is C7H12. The molecular weight excluding hydrogens is 84.1 g/mol. The van der Waals surface area contributed by atoms with Crippen LogP contribution in [-0.4, -0.2) is 0 Å². The summed E-state index contributed by atoms with van der Waals surface area (Å²) in [6, 6.07) is 0. The Bertz CT molecular complexity index is 70.1. The minimum Gasteiger partial charge on any atom is -0.103 e. The summed E-state index contributed by atoms with van der Waals surface area (Å²) >= 11 is 0. The van der Waals surface area contributed by atoms with Crippen molar-refractivity contribution < 1.29 is 0 Å². The van der Waals surface area contributed by atoms with Gasteiger partial charge in [-0.05, 0) is 19.8 Å². The van der Waals surface area contributed by atoms with Crippen LogP contribution < -0.4 is 0 Å². The van der Waals surface area contributed by atoms with Gasteiger partial charge in [0, 0.05) is 0 Å². The van der Waals surface area contributed by atoms with Crippen LogP contribution in [0.4, 0.5) is 0 Å². The summed E-state index contributed by atoms with van der Waals surface area (Å²) in [6.45, 7) is 9.37. The van der Waals surface area contributed by atoms with Crippen LogP contribution in [0.5, 0.6) is 0 Å². The number of hydrogen-bond donors (Lipinski definition) is 0. The molecule has 0 fully saturated rings. The molecule has 0 saturated carbocycles. The fourth-order valence-corrected chi connectivity index (χ4v) is 0.348. The molecule has 0 saturated heterocycles. The Hall–Kier alpha value is -0.520. The molecule has 0 rings (SSSR count). The molecule has 0 N–H and O–H groups in total. The van der Waals surface area contributed by atoms with Gasteiger partial charge >= 0.3 is 0 Å². The van der Waals surface area contributed by atoms with Crippen molar-refractivity contribution >= 4 is 0 Å². The van der Waals surface area contributed by atoms with E-state index in [1.165, 1.54) is 5.57 Å². The summed E-state index contributed by atoms with van der Waals surface area (Å²) in [6.07, 6.45) is 4.06. The molecule has 0 unspecified atom stereocenters. The molecule has 0 aromatic heterocycles. The zero-order valence-electron chi connectivity index (χ0n) is 4.91. The van der Waals surface area contributed by atoms with E-state index in [2.05, 4.69) is 13.2 Å². The van der Waals surface area contributed by atoms with Gasteiger partial charge in [0.25, 0.3) is 0 Å². The van der Waals surface area contributed by atoms with Gasteiger partial charge in [-0.15, -0.1) is 13.2 Å². The maximum atomic E-state index is 3.74. The summed E-state index contributed by atoms with van der Waals surface area (Å²) < 4.78 is 0. The lowest BCUT2D eigenvalue weighted by Crippen LogP contribution is -1.68. The first kappa shape index (κ1) is 6.48. The molecule has 0 heteroatoms. The van der Waals surface area contributed by atoms with E-state index in [1.807, 2.05) is 13.0 Å². The van der Waals surface area contributed by atoms with E-state index < -0.39 is 0 Å². The van der Waals surface area contributed by atoms with Crippen LogP contribution in [0.25, 0.3) is 0 Å². The van der Waals surface area contributed by atoms with Gasteiger partial charge < -0.3 is 0 Å². The van der Waals surface area contributed by atoms with Crippen LogP contribution in [0.15, 0.2) is 24.8 Å². The minimum absolute atomic E-state index is 1.06. The average molecular weight is 96.2 g/mol. The number of allylic oxidation sites excluding steroid dienone is 2. The topological polar surface area (TPSA) is 0 Å². The van der Waals surface area contributed by atoms with E-state index in [1.54, 1.807) is 0 Å². The molecule has 0 aromatic rings. The highest BCUT2D eigenvalue weighted by molar-refractivity contribution is 4.89. The monoisotopic (exact) mass is 96.1 g/mol. The maximum absolute atomic E-state index is 3.74. The molecule has 0 aliphatic carbocycles. The summed E-state index contributed by atoms with van der Waals surface area (Å²) in [7, 11) is 0. The predicted molar refractivity (Wildman–Crippen MR) is 34.2 cm³/mol. The van der Waals surface area contributed by atoms with Gasteiger partial charge in [-0.1, -0.05) is 11.6 Å². The molecule has 0 heterocycles. The van der Waals surface area contributed by atoms with Crippen LogP contribution in [0, 0.1) is 0 Å². The second kappa shape index (κ2) is 3.66. The van der Waals surface area contributed by atoms with Gasteiger partial charge in [0.15, 0.2) is 0 Å². The van der Waals surface area contributed by atoms with Crippen LogP contribution in [0.2, 0.25) is 0 Å². The van der Waals surface area contributed by atoms with Crippen LogP contribution >= 0.6 is 0 Å². The fourth-order valence-electron chi connectivity index (χ4n) is 0.348. The van der Waals surface area contributed by atoms with E-state index in [0.29, 0.717) is 0 Å². The smallest absolute Gasteiger partial charge is 0.0291 e. The van der Waals surface area contributed by atoms with Gasteiger partial charge in [-0.2, -0.15) is 0 Å². The molecule has 7 heavy (non-hydrogen) atoms. The van der Waals surface area contributed by atoms with Crippen molar-refractivity contribution in [3.63, 3.8) is 0 Å². The molecule has 0 bridgehead atoms. The van der Waals surface area contributed by atoms with Crippen molar-refractivity contribution in [3.05, 3.63) is 24.8 Å². The number of rotatable bonds is 3. The third kappa shape index (κ3) is 5.48. The second-order valence-corrected chi connectivity index (χ2v) is 1.78. The zero-order chi connectivity index (χ0) is 5.70. The average Bonchev–Trinajstić information content (AvgIpc) is 1.61. The lowest BCUT2D eigenvalue weighted by atomic mass is 10.2. The van der Waals surface area contributed by atoms with Crippen LogP contribution in [-0.2, 0) is 0 Å². The highest BCUT2D eigenvalue weighted by atomic mass is 13.8. The molecule has 0 spiro atoms. The van der Waals surface area contributed by atoms with Crippen molar-refractivity contribution in [2.45, 2.75) is 19.8 Å². The third-order valence-corrected chi connectivity index (χ3v) is 0.775. The number of hydrogen-bond acceptors (Lipinski definition) is 0. The first-order valence-electron chi connectivity index (χ1n) is 2.52. The van der Waals surface area contributed by atoms with E-state index in [4.69, 9.17) is 0 Å². The third-order valence-electron chi connectivity index (χ3n) is 0.775. The molecule has 0 radical (unpaired) electrons. The zero-order valence-corrected chi connectivity index (χ0v) is 4.91. The highest BCUT2D eigenvalue weighted by Crippen LogP contribution is 1.98. The van der Waals surface area contributed by atoms with E-state index in [-0.39, 0.29) is 0 Å². The molecule has 0 aromatic carbocycles. The SMILES string of the molecule is C=CCCC(=C)C. The van der Waals surface area contributed by atoms with Gasteiger partial charge in [0.05, 0.1) is 0 Å². The van der Waals surface area contributed by atoms with Crippen molar-refractivity contribution in [2.24, 2.45) is 0 Å². The lowest BCUT2D eigenvalue weighted by molar-refractivity contribution is 0.986. The Morgan fingerprint density at radius 2 is 2.29 bits per heavy atom. The van der Waals surface area contributed by atoms with E-state index >= 15 is 0 Å². The van der Waals surface area contributed by atoms with Crippen molar-refractivity contribution in [3.8, 4) is 0 Å². The normalized spacial score (nSPS) is 8.14. The van der Waals surface area contributed by atoms with Crippen LogP contribution in [0.3, 0.4) is 0 Å². The molecule has 40 valence electrons. The molecule has 0 nitrogen and oxygen atoms in total. The minimum atomic E-state index is 1.06. The van der Waals surface area contributed by atoms with Crippen molar-refractivity contribution in [2.75, 3.05) is 0 Å². The maximum Gasteiger partial charge on any atom is -0.0291 e. The first-order chi connectivity index (χ1) is 3.27. The Kier molecular flexibility index (Phi) is 3.39. The Labute approximate surface area is 45.5 Å².